The van der Waals surface area contributed by atoms with Crippen LogP contribution in [0.2, 0.25) is 0 Å². The van der Waals surface area contributed by atoms with Crippen LogP contribution in [0.25, 0.3) is 0 Å². The van der Waals surface area contributed by atoms with Crippen molar-refractivity contribution >= 4 is 23.3 Å². The van der Waals surface area contributed by atoms with E-state index in [2.05, 4.69) is 16.9 Å². The van der Waals surface area contributed by atoms with Gasteiger partial charge in [-0.1, -0.05) is 6.58 Å². The molecule has 0 saturated heterocycles. The molecule has 0 aliphatic heterocycles. The third-order valence-corrected chi connectivity index (χ3v) is 1.31. The van der Waals surface area contributed by atoms with Gasteiger partial charge in [0, 0.05) is 7.05 Å². The maximum Gasteiger partial charge on any atom is 0.213 e. The van der Waals surface area contributed by atoms with E-state index in [0.717, 1.165) is 0 Å². The van der Waals surface area contributed by atoms with E-state index in [1.807, 2.05) is 0 Å². The molecule has 0 aromatic heterocycles. The number of hydrogen-bond acceptors (Lipinski definition) is 3. The van der Waals surface area contributed by atoms with Gasteiger partial charge in [-0.15, -0.1) is 0 Å². The number of hydrogen-bond donors (Lipinski definition) is 1. The molecule has 0 radical (unpaired) electrons. The monoisotopic (exact) mass is 162 g/mol. The molecule has 0 aromatic rings. The molecule has 0 aromatic carbocycles. The van der Waals surface area contributed by atoms with Crippen molar-refractivity contribution in [3.05, 3.63) is 11.7 Å². The van der Waals surface area contributed by atoms with Crippen molar-refractivity contribution in [1.29, 1.82) is 0 Å². The van der Waals surface area contributed by atoms with Gasteiger partial charge in [0.1, 0.15) is 0 Å². The highest BCUT2D eigenvalue weighted by Gasteiger charge is 1.98. The summed E-state index contributed by atoms with van der Waals surface area (Å²) in [5.41, 5.74) is 0. The van der Waals surface area contributed by atoms with Crippen molar-refractivity contribution in [2.45, 2.75) is 0 Å². The number of nitrogens with one attached hydrogen (secondary N) is 1. The predicted molar refractivity (Wildman–Crippen MR) is 40.4 cm³/mol. The van der Waals surface area contributed by atoms with Crippen LogP contribution in [0.3, 0.4) is 0 Å². The summed E-state index contributed by atoms with van der Waals surface area (Å²) < 4.78 is 12.0. The van der Waals surface area contributed by atoms with Crippen LogP contribution in [0, 0.1) is 0 Å². The average Bonchev–Trinajstić information content (AvgIpc) is 1.86. The van der Waals surface area contributed by atoms with E-state index in [9.17, 15) is 9.18 Å². The summed E-state index contributed by atoms with van der Waals surface area (Å²) in [7, 11) is 1.45. The summed E-state index contributed by atoms with van der Waals surface area (Å²) in [6.07, 6.45) is 0.429. The lowest BCUT2D eigenvalue weighted by Gasteiger charge is -1.97. The summed E-state index contributed by atoms with van der Waals surface area (Å²) >= 11 is 0.671. The van der Waals surface area contributed by atoms with Crippen LogP contribution in [0.4, 0.5) is 4.39 Å². The molecule has 5 heteroatoms. The van der Waals surface area contributed by atoms with Crippen LogP contribution < -0.4 is 5.32 Å². The van der Waals surface area contributed by atoms with Gasteiger partial charge in [0.2, 0.25) is 6.41 Å². The minimum absolute atomic E-state index is 0.197. The van der Waals surface area contributed by atoms with E-state index in [1.165, 1.54) is 7.05 Å². The number of carbonyl (C=O) groups excluding carboxylic acids is 1. The standard InChI is InChI=1S/C5H7FN2OS/c1-4(6)10-5(7-2)8-3-9/h3H,1H2,2H3,(H,7,8,9). The van der Waals surface area contributed by atoms with Crippen molar-refractivity contribution in [1.82, 2.24) is 5.32 Å². The Kier molecular flexibility index (Phi) is 4.57. The Hall–Kier alpha value is -0.840. The number of halogens is 1. The molecule has 0 atom stereocenters. The van der Waals surface area contributed by atoms with Crippen molar-refractivity contribution in [2.24, 2.45) is 4.99 Å². The fourth-order valence-corrected chi connectivity index (χ4v) is 0.703. The smallest absolute Gasteiger partial charge is 0.213 e. The zero-order chi connectivity index (χ0) is 7.98. The van der Waals surface area contributed by atoms with Gasteiger partial charge in [-0.3, -0.25) is 9.79 Å². The van der Waals surface area contributed by atoms with Crippen LogP contribution in [-0.2, 0) is 4.79 Å². The first-order chi connectivity index (χ1) is 4.70. The maximum absolute atomic E-state index is 12.0. The van der Waals surface area contributed by atoms with E-state index in [-0.39, 0.29) is 5.17 Å². The molecule has 1 N–H and O–H groups in total. The summed E-state index contributed by atoms with van der Waals surface area (Å²) in [6.45, 7) is 2.98. The van der Waals surface area contributed by atoms with E-state index >= 15 is 0 Å². The van der Waals surface area contributed by atoms with Crippen LogP contribution in [0.15, 0.2) is 16.7 Å². The second-order valence-electron chi connectivity index (χ2n) is 1.25. The van der Waals surface area contributed by atoms with E-state index in [4.69, 9.17) is 0 Å². The molecule has 0 spiro atoms. The Morgan fingerprint density at radius 3 is 2.80 bits per heavy atom. The summed E-state index contributed by atoms with van der Waals surface area (Å²) in [5.74, 6) is 0. The molecule has 0 saturated carbocycles. The molecule has 0 heterocycles. The van der Waals surface area contributed by atoms with Crippen molar-refractivity contribution in [2.75, 3.05) is 7.05 Å². The fourth-order valence-electron chi connectivity index (χ4n) is 0.295. The Balaban J connectivity index is 3.84. The van der Waals surface area contributed by atoms with Crippen molar-refractivity contribution in [3.8, 4) is 0 Å². The first kappa shape index (κ1) is 9.16. The van der Waals surface area contributed by atoms with Crippen LogP contribution in [-0.4, -0.2) is 18.6 Å². The second-order valence-corrected chi connectivity index (χ2v) is 2.28. The van der Waals surface area contributed by atoms with Gasteiger partial charge in [0.05, 0.1) is 0 Å². The summed E-state index contributed by atoms with van der Waals surface area (Å²) in [6, 6.07) is 0. The SMILES string of the molecule is C=C(F)SC(=NC)NC=O. The zero-order valence-electron chi connectivity index (χ0n) is 5.43. The largest absolute Gasteiger partial charge is 0.308 e. The molecule has 3 nitrogen and oxygen atoms in total. The molecule has 0 fully saturated rings. The van der Waals surface area contributed by atoms with Gasteiger partial charge in [-0.05, 0) is 11.8 Å². The van der Waals surface area contributed by atoms with Gasteiger partial charge in [0.25, 0.3) is 0 Å². The van der Waals surface area contributed by atoms with Crippen molar-refractivity contribution in [3.63, 3.8) is 0 Å². The molecule has 0 aliphatic carbocycles. The van der Waals surface area contributed by atoms with E-state index in [1.54, 1.807) is 0 Å². The molecule has 1 amide bonds. The van der Waals surface area contributed by atoms with Gasteiger partial charge < -0.3 is 5.32 Å². The number of aliphatic imine (C=N–C) groups is 1. The van der Waals surface area contributed by atoms with Gasteiger partial charge in [-0.2, -0.15) is 4.39 Å². The highest BCUT2D eigenvalue weighted by molar-refractivity contribution is 8.16. The molecule has 56 valence electrons. The highest BCUT2D eigenvalue weighted by Crippen LogP contribution is 2.13. The minimum atomic E-state index is -0.602. The normalized spacial score (nSPS) is 10.8. The van der Waals surface area contributed by atoms with Crippen molar-refractivity contribution < 1.29 is 9.18 Å². The Morgan fingerprint density at radius 1 is 1.90 bits per heavy atom. The number of carbonyl (C=O) groups is 1. The highest BCUT2D eigenvalue weighted by atomic mass is 32.2. The third-order valence-electron chi connectivity index (χ3n) is 0.593. The first-order valence-corrected chi connectivity index (χ1v) is 3.21. The number of amides is 1. The van der Waals surface area contributed by atoms with Crippen LogP contribution in [0.1, 0.15) is 0 Å². The summed E-state index contributed by atoms with van der Waals surface area (Å²) in [5, 5.41) is 1.79. The lowest BCUT2D eigenvalue weighted by Crippen LogP contribution is -2.17. The third kappa shape index (κ3) is 4.08. The molecule has 10 heavy (non-hydrogen) atoms. The van der Waals surface area contributed by atoms with E-state index in [0.29, 0.717) is 18.2 Å². The van der Waals surface area contributed by atoms with Gasteiger partial charge in [-0.25, -0.2) is 0 Å². The Bertz CT molecular complexity index is 169. The predicted octanol–water partition coefficient (Wildman–Crippen LogP) is 0.892. The fraction of sp³-hybridized carbons (Fsp3) is 0.200. The number of nitrogens with zero attached hydrogens (tertiary/aromatic N) is 1. The molecule has 0 bridgehead atoms. The number of thioether (sulfide) groups is 1. The molecule has 0 aliphatic rings. The second kappa shape index (κ2) is 4.99. The van der Waals surface area contributed by atoms with Crippen LogP contribution >= 0.6 is 11.8 Å². The lowest BCUT2D eigenvalue weighted by atomic mass is 11.1. The number of amidine groups is 1. The van der Waals surface area contributed by atoms with Crippen LogP contribution in [0.5, 0.6) is 0 Å². The van der Waals surface area contributed by atoms with Gasteiger partial charge >= 0.3 is 0 Å². The lowest BCUT2D eigenvalue weighted by molar-refractivity contribution is -0.108. The number of rotatable bonds is 2. The molecular weight excluding hydrogens is 155 g/mol. The van der Waals surface area contributed by atoms with Gasteiger partial charge in [0.15, 0.2) is 10.3 Å². The molecular formula is C5H7FN2OS. The Labute approximate surface area is 62.4 Å². The maximum atomic E-state index is 12.0. The first-order valence-electron chi connectivity index (χ1n) is 2.40. The zero-order valence-corrected chi connectivity index (χ0v) is 6.24. The minimum Gasteiger partial charge on any atom is -0.308 e. The molecule has 0 rings (SSSR count). The summed E-state index contributed by atoms with van der Waals surface area (Å²) in [4.78, 5) is 13.4. The topological polar surface area (TPSA) is 41.5 Å². The molecule has 0 unspecified atom stereocenters. The average molecular weight is 162 g/mol. The Morgan fingerprint density at radius 2 is 2.50 bits per heavy atom. The van der Waals surface area contributed by atoms with E-state index < -0.39 is 5.16 Å². The quantitative estimate of drug-likeness (QED) is 0.372.